The minimum Gasteiger partial charge on any atom is -0.497 e. The number of unbranched alkanes of at least 4 members (excludes halogenated alkanes) is 1. The van der Waals surface area contributed by atoms with Crippen LogP contribution in [0.15, 0.2) is 29.4 Å². The maximum atomic E-state index is 12.1. The summed E-state index contributed by atoms with van der Waals surface area (Å²) in [5.74, 6) is 2.72. The highest BCUT2D eigenvalue weighted by atomic mass is 32.2. The van der Waals surface area contributed by atoms with Crippen molar-refractivity contribution in [1.29, 1.82) is 0 Å². The molecule has 6 nitrogen and oxygen atoms in total. The first kappa shape index (κ1) is 21.3. The molecule has 27 heavy (non-hydrogen) atoms. The highest BCUT2D eigenvalue weighted by Gasteiger charge is 2.23. The Morgan fingerprint density at radius 1 is 1.22 bits per heavy atom. The second kappa shape index (κ2) is 11.6. The molecule has 7 heteroatoms. The molecule has 0 saturated carbocycles. The Morgan fingerprint density at radius 3 is 2.67 bits per heavy atom. The number of carbonyl (C=O) groups is 2. The minimum atomic E-state index is -0.165. The number of nitrogens with zero attached hydrogens (tertiary/aromatic N) is 2. The van der Waals surface area contributed by atoms with Crippen molar-refractivity contribution in [3.63, 3.8) is 0 Å². The molecule has 2 amide bonds. The number of hydrogen-bond donors (Lipinski definition) is 1. The lowest BCUT2D eigenvalue weighted by atomic mass is 10.0. The molecular weight excluding hydrogens is 362 g/mol. The summed E-state index contributed by atoms with van der Waals surface area (Å²) in [5.41, 5.74) is 1.76. The zero-order valence-electron chi connectivity index (χ0n) is 16.2. The summed E-state index contributed by atoms with van der Waals surface area (Å²) in [6.45, 7) is 2.79. The van der Waals surface area contributed by atoms with Gasteiger partial charge in [-0.15, -0.1) is 0 Å². The number of amides is 2. The quantitative estimate of drug-likeness (QED) is 0.589. The molecule has 1 aromatic carbocycles. The van der Waals surface area contributed by atoms with Crippen LogP contribution in [0, 0.1) is 0 Å². The van der Waals surface area contributed by atoms with Crippen LogP contribution in [0.1, 0.15) is 44.6 Å². The van der Waals surface area contributed by atoms with E-state index in [4.69, 9.17) is 4.74 Å². The van der Waals surface area contributed by atoms with Gasteiger partial charge in [-0.05, 0) is 54.2 Å². The van der Waals surface area contributed by atoms with Crippen LogP contribution in [-0.4, -0.2) is 54.2 Å². The Balaban J connectivity index is 1.81. The predicted octanol–water partition coefficient (Wildman–Crippen LogP) is 3.06. The summed E-state index contributed by atoms with van der Waals surface area (Å²) in [6, 6.07) is 7.57. The molecule has 0 atom stereocenters. The molecule has 0 unspecified atom stereocenters. The van der Waals surface area contributed by atoms with E-state index in [0.29, 0.717) is 19.4 Å². The summed E-state index contributed by atoms with van der Waals surface area (Å²) in [7, 11) is 1.62. The van der Waals surface area contributed by atoms with Gasteiger partial charge in [0.15, 0.2) is 0 Å². The maximum Gasteiger partial charge on any atom is 0.243 e. The van der Waals surface area contributed by atoms with Gasteiger partial charge in [-0.25, -0.2) is 5.01 Å². The summed E-state index contributed by atoms with van der Waals surface area (Å²) in [6.07, 6.45) is 4.34. The predicted molar refractivity (Wildman–Crippen MR) is 110 cm³/mol. The van der Waals surface area contributed by atoms with Gasteiger partial charge >= 0.3 is 0 Å². The van der Waals surface area contributed by atoms with Gasteiger partial charge in [0, 0.05) is 19.4 Å². The average molecular weight is 392 g/mol. The Hall–Kier alpha value is -2.02. The van der Waals surface area contributed by atoms with Gasteiger partial charge in [0.25, 0.3) is 0 Å². The van der Waals surface area contributed by atoms with Gasteiger partial charge in [-0.2, -0.15) is 16.9 Å². The number of rotatable bonds is 11. The lowest BCUT2D eigenvalue weighted by molar-refractivity contribution is -0.136. The fourth-order valence-corrected chi connectivity index (χ4v) is 3.70. The van der Waals surface area contributed by atoms with Gasteiger partial charge in [-0.3, -0.25) is 9.59 Å². The summed E-state index contributed by atoms with van der Waals surface area (Å²) >= 11 is 1.92. The van der Waals surface area contributed by atoms with Crippen LogP contribution in [0.4, 0.5) is 0 Å². The third-order valence-electron chi connectivity index (χ3n) is 4.25. The highest BCUT2D eigenvalue weighted by molar-refractivity contribution is 7.99. The van der Waals surface area contributed by atoms with Crippen molar-refractivity contribution in [2.24, 2.45) is 5.10 Å². The Morgan fingerprint density at radius 2 is 1.96 bits per heavy atom. The lowest BCUT2D eigenvalue weighted by Gasteiger charge is -2.23. The summed E-state index contributed by atoms with van der Waals surface area (Å²) in [4.78, 5) is 24.2. The molecule has 0 aliphatic carbocycles. The van der Waals surface area contributed by atoms with E-state index in [-0.39, 0.29) is 18.4 Å². The molecule has 0 saturated heterocycles. The zero-order valence-corrected chi connectivity index (χ0v) is 17.0. The number of carbonyl (C=O) groups excluding carboxylic acids is 2. The van der Waals surface area contributed by atoms with Crippen LogP contribution in [0.2, 0.25) is 0 Å². The van der Waals surface area contributed by atoms with Crippen molar-refractivity contribution < 1.29 is 14.3 Å². The molecule has 0 aromatic heterocycles. The Kier molecular flexibility index (Phi) is 9.18. The van der Waals surface area contributed by atoms with E-state index >= 15 is 0 Å². The molecule has 0 spiro atoms. The number of thioether (sulfide) groups is 1. The number of ether oxygens (including phenoxy) is 1. The van der Waals surface area contributed by atoms with E-state index in [9.17, 15) is 9.59 Å². The number of benzene rings is 1. The van der Waals surface area contributed by atoms with E-state index in [0.717, 1.165) is 29.2 Å². The van der Waals surface area contributed by atoms with Crippen LogP contribution in [0.25, 0.3) is 0 Å². The van der Waals surface area contributed by atoms with Crippen molar-refractivity contribution >= 4 is 29.3 Å². The number of hydrogen-bond acceptors (Lipinski definition) is 5. The lowest BCUT2D eigenvalue weighted by Crippen LogP contribution is -2.40. The van der Waals surface area contributed by atoms with Gasteiger partial charge in [0.2, 0.25) is 11.8 Å². The van der Waals surface area contributed by atoms with E-state index in [1.54, 1.807) is 7.11 Å². The monoisotopic (exact) mass is 391 g/mol. The second-order valence-corrected chi connectivity index (χ2v) is 7.62. The van der Waals surface area contributed by atoms with E-state index in [2.05, 4.69) is 17.3 Å². The van der Waals surface area contributed by atoms with Crippen molar-refractivity contribution in [3.05, 3.63) is 29.8 Å². The molecule has 1 aliphatic rings. The molecule has 0 fully saturated rings. The summed E-state index contributed by atoms with van der Waals surface area (Å²) < 4.78 is 5.16. The van der Waals surface area contributed by atoms with Crippen molar-refractivity contribution in [2.75, 3.05) is 31.7 Å². The van der Waals surface area contributed by atoms with E-state index in [1.165, 1.54) is 23.6 Å². The van der Waals surface area contributed by atoms with E-state index < -0.39 is 0 Å². The Bertz CT molecular complexity index is 646. The second-order valence-electron chi connectivity index (χ2n) is 6.40. The zero-order chi connectivity index (χ0) is 19.5. The SMILES string of the molecule is CCCCSCCCNC(=O)CN1N=C(c2ccc(OC)cc2)CCC1=O. The Labute approximate surface area is 165 Å². The fourth-order valence-electron chi connectivity index (χ4n) is 2.66. The topological polar surface area (TPSA) is 71.0 Å². The van der Waals surface area contributed by atoms with E-state index in [1.807, 2.05) is 36.0 Å². The maximum absolute atomic E-state index is 12.1. The third-order valence-corrected chi connectivity index (χ3v) is 5.41. The largest absolute Gasteiger partial charge is 0.497 e. The molecular formula is C20H29N3O3S. The van der Waals surface area contributed by atoms with Gasteiger partial charge < -0.3 is 10.1 Å². The molecule has 0 radical (unpaired) electrons. The van der Waals surface area contributed by atoms with Gasteiger partial charge in [0.1, 0.15) is 12.3 Å². The molecule has 0 bridgehead atoms. The van der Waals surface area contributed by atoms with Crippen LogP contribution >= 0.6 is 11.8 Å². The molecule has 1 aliphatic heterocycles. The first-order valence-electron chi connectivity index (χ1n) is 9.50. The first-order chi connectivity index (χ1) is 13.1. The number of nitrogens with one attached hydrogen (secondary N) is 1. The first-order valence-corrected chi connectivity index (χ1v) is 10.7. The summed E-state index contributed by atoms with van der Waals surface area (Å²) in [5, 5.41) is 8.57. The van der Waals surface area contributed by atoms with Crippen LogP contribution in [0.5, 0.6) is 5.75 Å². The van der Waals surface area contributed by atoms with Crippen LogP contribution < -0.4 is 10.1 Å². The smallest absolute Gasteiger partial charge is 0.243 e. The van der Waals surface area contributed by atoms with Crippen LogP contribution in [0.3, 0.4) is 0 Å². The number of hydrazone groups is 1. The minimum absolute atomic E-state index is 0.0263. The molecule has 1 N–H and O–H groups in total. The van der Waals surface area contributed by atoms with Crippen LogP contribution in [-0.2, 0) is 9.59 Å². The highest BCUT2D eigenvalue weighted by Crippen LogP contribution is 2.18. The van der Waals surface area contributed by atoms with Crippen molar-refractivity contribution in [3.8, 4) is 5.75 Å². The van der Waals surface area contributed by atoms with Gasteiger partial charge in [-0.1, -0.05) is 13.3 Å². The molecule has 148 valence electrons. The fraction of sp³-hybridized carbons (Fsp3) is 0.550. The average Bonchev–Trinajstić information content (AvgIpc) is 2.69. The third kappa shape index (κ3) is 7.25. The van der Waals surface area contributed by atoms with Crippen molar-refractivity contribution in [2.45, 2.75) is 39.0 Å². The number of methoxy groups -OCH3 is 1. The van der Waals surface area contributed by atoms with Crippen molar-refractivity contribution in [1.82, 2.24) is 10.3 Å². The van der Waals surface area contributed by atoms with Gasteiger partial charge in [0.05, 0.1) is 12.8 Å². The molecule has 1 aromatic rings. The normalized spacial score (nSPS) is 14.1. The standard InChI is InChI=1S/C20H29N3O3S/c1-3-4-13-27-14-5-12-21-19(24)15-23-20(25)11-10-18(22-23)16-6-8-17(26-2)9-7-16/h6-9H,3-5,10-15H2,1-2H3,(H,21,24). The molecule has 2 rings (SSSR count). The molecule has 1 heterocycles.